The standard InChI is InChI=1S/C24H21F4N3O/c25-18-8-4-16(5-9-18)23(17-6-10-19(26)11-7-17)30-12-14-31(15-13-30)24(32)29-22-20(27)2-1-3-21(22)28/h1-11,23H,12-15H2,(H,29,32). The summed E-state index contributed by atoms with van der Waals surface area (Å²) in [6.45, 7) is 1.57. The minimum absolute atomic E-state index is 0.259. The molecule has 4 rings (SSSR count). The van der Waals surface area contributed by atoms with Crippen molar-refractivity contribution in [2.24, 2.45) is 0 Å². The Morgan fingerprint density at radius 2 is 1.19 bits per heavy atom. The van der Waals surface area contributed by atoms with Gasteiger partial charge >= 0.3 is 6.03 Å². The van der Waals surface area contributed by atoms with Gasteiger partial charge in [0.2, 0.25) is 0 Å². The molecule has 1 aliphatic rings. The predicted molar refractivity (Wildman–Crippen MR) is 113 cm³/mol. The molecule has 0 spiro atoms. The predicted octanol–water partition coefficient (Wildman–Crippen LogP) is 5.18. The van der Waals surface area contributed by atoms with E-state index in [0.717, 1.165) is 23.3 Å². The van der Waals surface area contributed by atoms with Gasteiger partial charge in [-0.25, -0.2) is 22.4 Å². The van der Waals surface area contributed by atoms with Crippen molar-refractivity contribution in [1.29, 1.82) is 0 Å². The van der Waals surface area contributed by atoms with Crippen LogP contribution in [0.3, 0.4) is 0 Å². The lowest BCUT2D eigenvalue weighted by Gasteiger charge is -2.39. The van der Waals surface area contributed by atoms with Crippen LogP contribution < -0.4 is 5.32 Å². The van der Waals surface area contributed by atoms with Crippen LogP contribution in [0, 0.1) is 23.3 Å². The molecular weight excluding hydrogens is 422 g/mol. The van der Waals surface area contributed by atoms with Gasteiger partial charge in [0, 0.05) is 26.2 Å². The van der Waals surface area contributed by atoms with E-state index in [2.05, 4.69) is 10.2 Å². The summed E-state index contributed by atoms with van der Waals surface area (Å²) >= 11 is 0. The Morgan fingerprint density at radius 1 is 0.719 bits per heavy atom. The van der Waals surface area contributed by atoms with E-state index in [0.29, 0.717) is 26.2 Å². The number of hydrogen-bond donors (Lipinski definition) is 1. The molecule has 0 radical (unpaired) electrons. The van der Waals surface area contributed by atoms with Crippen molar-refractivity contribution in [3.05, 3.63) is 101 Å². The zero-order valence-electron chi connectivity index (χ0n) is 17.1. The van der Waals surface area contributed by atoms with Crippen LogP contribution in [0.5, 0.6) is 0 Å². The Kier molecular flexibility index (Phi) is 6.41. The molecule has 0 aromatic heterocycles. The van der Waals surface area contributed by atoms with Crippen molar-refractivity contribution >= 4 is 11.7 Å². The van der Waals surface area contributed by atoms with Crippen molar-refractivity contribution in [2.45, 2.75) is 6.04 Å². The van der Waals surface area contributed by atoms with Gasteiger partial charge in [0.25, 0.3) is 0 Å². The number of piperazine rings is 1. The summed E-state index contributed by atoms with van der Waals surface area (Å²) < 4.78 is 54.6. The third-order valence-corrected chi connectivity index (χ3v) is 5.53. The van der Waals surface area contributed by atoms with E-state index in [1.54, 1.807) is 24.3 Å². The third kappa shape index (κ3) is 4.75. The van der Waals surface area contributed by atoms with E-state index >= 15 is 0 Å². The number of nitrogens with one attached hydrogen (secondary N) is 1. The molecule has 166 valence electrons. The normalized spacial score (nSPS) is 14.6. The first-order valence-electron chi connectivity index (χ1n) is 10.2. The van der Waals surface area contributed by atoms with E-state index < -0.39 is 23.4 Å². The molecule has 0 saturated carbocycles. The van der Waals surface area contributed by atoms with Gasteiger partial charge in [0.05, 0.1) is 6.04 Å². The van der Waals surface area contributed by atoms with E-state index in [9.17, 15) is 22.4 Å². The molecular formula is C24H21F4N3O. The zero-order chi connectivity index (χ0) is 22.7. The smallest absolute Gasteiger partial charge is 0.322 e. The summed E-state index contributed by atoms with van der Waals surface area (Å²) in [4.78, 5) is 16.1. The molecule has 3 aromatic rings. The van der Waals surface area contributed by atoms with Crippen LogP contribution >= 0.6 is 0 Å². The van der Waals surface area contributed by atoms with Crippen LogP contribution in [0.2, 0.25) is 0 Å². The minimum atomic E-state index is -0.843. The van der Waals surface area contributed by atoms with Gasteiger partial charge in [0.15, 0.2) is 0 Å². The topological polar surface area (TPSA) is 35.6 Å². The lowest BCUT2D eigenvalue weighted by Crippen LogP contribution is -2.51. The van der Waals surface area contributed by atoms with Gasteiger partial charge in [-0.2, -0.15) is 0 Å². The molecule has 3 aromatic carbocycles. The number of carbonyl (C=O) groups is 1. The van der Waals surface area contributed by atoms with E-state index in [4.69, 9.17) is 0 Å². The van der Waals surface area contributed by atoms with Crippen molar-refractivity contribution in [1.82, 2.24) is 9.80 Å². The minimum Gasteiger partial charge on any atom is -0.322 e. The summed E-state index contributed by atoms with van der Waals surface area (Å²) in [7, 11) is 0. The first kappa shape index (κ1) is 21.8. The van der Waals surface area contributed by atoms with Crippen LogP contribution in [0.25, 0.3) is 0 Å². The highest BCUT2D eigenvalue weighted by Gasteiger charge is 2.29. The zero-order valence-corrected chi connectivity index (χ0v) is 17.1. The van der Waals surface area contributed by atoms with Gasteiger partial charge in [-0.15, -0.1) is 0 Å². The third-order valence-electron chi connectivity index (χ3n) is 5.53. The fourth-order valence-corrected chi connectivity index (χ4v) is 3.89. The van der Waals surface area contributed by atoms with Crippen LogP contribution in [0.15, 0.2) is 66.7 Å². The van der Waals surface area contributed by atoms with Crippen molar-refractivity contribution in [2.75, 3.05) is 31.5 Å². The SMILES string of the molecule is O=C(Nc1c(F)cccc1F)N1CCN(C(c2ccc(F)cc2)c2ccc(F)cc2)CC1. The number of nitrogens with zero attached hydrogens (tertiary/aromatic N) is 2. The Bertz CT molecular complexity index is 1020. The van der Waals surface area contributed by atoms with E-state index in [1.165, 1.54) is 35.2 Å². The molecule has 0 atom stereocenters. The molecule has 4 nitrogen and oxygen atoms in total. The maximum atomic E-state index is 13.8. The maximum absolute atomic E-state index is 13.8. The average Bonchev–Trinajstić information content (AvgIpc) is 2.79. The van der Waals surface area contributed by atoms with Crippen molar-refractivity contribution in [3.63, 3.8) is 0 Å². The largest absolute Gasteiger partial charge is 0.322 e. The van der Waals surface area contributed by atoms with Crippen LogP contribution in [-0.4, -0.2) is 42.0 Å². The number of para-hydroxylation sites is 1. The van der Waals surface area contributed by atoms with E-state index in [1.807, 2.05) is 0 Å². The first-order valence-corrected chi connectivity index (χ1v) is 10.2. The number of hydrogen-bond acceptors (Lipinski definition) is 2. The van der Waals surface area contributed by atoms with Gasteiger partial charge in [-0.3, -0.25) is 4.90 Å². The number of halogens is 4. The van der Waals surface area contributed by atoms with Gasteiger partial charge in [-0.05, 0) is 47.5 Å². The van der Waals surface area contributed by atoms with E-state index in [-0.39, 0.29) is 17.7 Å². The second-order valence-electron chi connectivity index (χ2n) is 7.56. The summed E-state index contributed by atoms with van der Waals surface area (Å²) in [6, 6.07) is 14.8. The highest BCUT2D eigenvalue weighted by Crippen LogP contribution is 2.30. The first-order chi connectivity index (χ1) is 15.4. The number of carbonyl (C=O) groups excluding carboxylic acids is 1. The molecule has 0 aliphatic carbocycles. The second-order valence-corrected chi connectivity index (χ2v) is 7.56. The Hall–Kier alpha value is -3.39. The maximum Gasteiger partial charge on any atom is 0.322 e. The Labute approximate surface area is 183 Å². The molecule has 1 N–H and O–H groups in total. The van der Waals surface area contributed by atoms with Crippen molar-refractivity contribution in [3.8, 4) is 0 Å². The fraction of sp³-hybridized carbons (Fsp3) is 0.208. The number of urea groups is 1. The summed E-state index contributed by atoms with van der Waals surface area (Å²) in [6.07, 6.45) is 0. The van der Waals surface area contributed by atoms with Gasteiger partial charge < -0.3 is 10.2 Å². The van der Waals surface area contributed by atoms with Crippen molar-refractivity contribution < 1.29 is 22.4 Å². The summed E-state index contributed by atoms with van der Waals surface area (Å²) in [5.74, 6) is -2.39. The molecule has 0 unspecified atom stereocenters. The molecule has 32 heavy (non-hydrogen) atoms. The number of anilines is 1. The van der Waals surface area contributed by atoms with Crippen LogP contribution in [0.1, 0.15) is 17.2 Å². The monoisotopic (exact) mass is 443 g/mol. The molecule has 1 saturated heterocycles. The molecule has 1 heterocycles. The molecule has 8 heteroatoms. The quantitative estimate of drug-likeness (QED) is 0.564. The molecule has 1 fully saturated rings. The second kappa shape index (κ2) is 9.40. The average molecular weight is 443 g/mol. The molecule has 0 bridgehead atoms. The summed E-state index contributed by atoms with van der Waals surface area (Å²) in [5, 5.41) is 2.30. The highest BCUT2D eigenvalue weighted by molar-refractivity contribution is 5.89. The Morgan fingerprint density at radius 3 is 1.66 bits per heavy atom. The number of amides is 2. The number of benzene rings is 3. The Balaban J connectivity index is 1.49. The van der Waals surface area contributed by atoms with Gasteiger partial charge in [0.1, 0.15) is 29.0 Å². The molecule has 1 aliphatic heterocycles. The van der Waals surface area contributed by atoms with Crippen LogP contribution in [-0.2, 0) is 0 Å². The molecule has 2 amide bonds. The lowest BCUT2D eigenvalue weighted by molar-refractivity contribution is 0.126. The number of rotatable bonds is 4. The van der Waals surface area contributed by atoms with Gasteiger partial charge in [-0.1, -0.05) is 30.3 Å². The summed E-state index contributed by atoms with van der Waals surface area (Å²) in [5.41, 5.74) is 1.20. The van der Waals surface area contributed by atoms with Crippen LogP contribution in [0.4, 0.5) is 28.0 Å². The lowest BCUT2D eigenvalue weighted by atomic mass is 9.96. The highest BCUT2D eigenvalue weighted by atomic mass is 19.1. The fourth-order valence-electron chi connectivity index (χ4n) is 3.89.